The number of aryl methyl sites for hydroxylation is 1. The van der Waals surface area contributed by atoms with Gasteiger partial charge in [0.05, 0.1) is 30.9 Å². The van der Waals surface area contributed by atoms with Crippen LogP contribution < -0.4 is 14.8 Å². The van der Waals surface area contributed by atoms with Crippen LogP contribution in [-0.2, 0) is 6.42 Å². The lowest BCUT2D eigenvalue weighted by Crippen LogP contribution is -2.28. The zero-order valence-electron chi connectivity index (χ0n) is 16.9. The van der Waals surface area contributed by atoms with Crippen molar-refractivity contribution in [3.8, 4) is 11.6 Å². The molecule has 1 unspecified atom stereocenters. The number of ether oxygens (including phenoxy) is 2. The molecule has 6 heteroatoms. The van der Waals surface area contributed by atoms with Crippen LogP contribution in [0, 0.1) is 0 Å². The Labute approximate surface area is 171 Å². The normalized spacial score (nSPS) is 16.7. The first-order chi connectivity index (χ1) is 14.3. The van der Waals surface area contributed by atoms with Crippen LogP contribution in [0.25, 0.3) is 11.0 Å². The minimum Gasteiger partial charge on any atom is -0.495 e. The highest BCUT2D eigenvalue weighted by molar-refractivity contribution is 5.75. The lowest BCUT2D eigenvalue weighted by atomic mass is 9.92. The van der Waals surface area contributed by atoms with Gasteiger partial charge in [-0.15, -0.1) is 0 Å². The third-order valence-electron chi connectivity index (χ3n) is 5.41. The maximum atomic E-state index is 6.17. The van der Waals surface area contributed by atoms with Crippen LogP contribution in [0.5, 0.6) is 11.6 Å². The minimum atomic E-state index is 0.432. The van der Waals surface area contributed by atoms with Crippen LogP contribution in [-0.4, -0.2) is 41.8 Å². The number of pyridine rings is 3. The van der Waals surface area contributed by atoms with Gasteiger partial charge < -0.3 is 14.8 Å². The minimum absolute atomic E-state index is 0.432. The molecule has 0 aliphatic carbocycles. The van der Waals surface area contributed by atoms with E-state index in [9.17, 15) is 0 Å². The number of rotatable bonds is 8. The van der Waals surface area contributed by atoms with E-state index >= 15 is 0 Å². The summed E-state index contributed by atoms with van der Waals surface area (Å²) in [6.07, 6.45) is 8.84. The van der Waals surface area contributed by atoms with E-state index in [1.54, 1.807) is 13.3 Å². The third-order valence-corrected chi connectivity index (χ3v) is 5.41. The van der Waals surface area contributed by atoms with E-state index in [2.05, 4.69) is 21.4 Å². The predicted molar refractivity (Wildman–Crippen MR) is 114 cm³/mol. The molecule has 3 aromatic rings. The van der Waals surface area contributed by atoms with Gasteiger partial charge in [-0.1, -0.05) is 0 Å². The van der Waals surface area contributed by atoms with Gasteiger partial charge in [-0.2, -0.15) is 0 Å². The summed E-state index contributed by atoms with van der Waals surface area (Å²) < 4.78 is 11.3. The molecule has 1 fully saturated rings. The van der Waals surface area contributed by atoms with E-state index in [0.29, 0.717) is 12.5 Å². The molecule has 0 aromatic carbocycles. The molecule has 6 nitrogen and oxygen atoms in total. The van der Waals surface area contributed by atoms with Crippen molar-refractivity contribution in [3.63, 3.8) is 0 Å². The van der Waals surface area contributed by atoms with Gasteiger partial charge in [0.1, 0.15) is 5.75 Å². The van der Waals surface area contributed by atoms with Crippen molar-refractivity contribution in [1.82, 2.24) is 20.3 Å². The molecule has 152 valence electrons. The van der Waals surface area contributed by atoms with Crippen LogP contribution in [0.2, 0.25) is 0 Å². The molecule has 0 amide bonds. The van der Waals surface area contributed by atoms with Gasteiger partial charge in [0, 0.05) is 29.9 Å². The van der Waals surface area contributed by atoms with E-state index in [1.165, 1.54) is 12.0 Å². The summed E-state index contributed by atoms with van der Waals surface area (Å²) in [6.45, 7) is 2.72. The van der Waals surface area contributed by atoms with Crippen molar-refractivity contribution in [3.05, 3.63) is 54.0 Å². The maximum Gasteiger partial charge on any atom is 0.217 e. The molecule has 1 atom stereocenters. The lowest BCUT2D eigenvalue weighted by Gasteiger charge is -2.24. The van der Waals surface area contributed by atoms with E-state index in [0.717, 1.165) is 67.1 Å². The second kappa shape index (κ2) is 9.65. The molecule has 29 heavy (non-hydrogen) atoms. The highest BCUT2D eigenvalue weighted by atomic mass is 16.5. The smallest absolute Gasteiger partial charge is 0.217 e. The Balaban J connectivity index is 1.38. The number of methoxy groups -OCH3 is 1. The number of fused-ring (bicyclic) bond motifs is 1. The summed E-state index contributed by atoms with van der Waals surface area (Å²) >= 11 is 0. The van der Waals surface area contributed by atoms with Crippen molar-refractivity contribution in [2.24, 2.45) is 0 Å². The molecule has 0 spiro atoms. The summed E-state index contributed by atoms with van der Waals surface area (Å²) in [7, 11) is 1.66. The number of piperidine rings is 1. The summed E-state index contributed by atoms with van der Waals surface area (Å²) in [5.74, 6) is 1.99. The highest BCUT2D eigenvalue weighted by Crippen LogP contribution is 2.32. The molecule has 4 rings (SSSR count). The highest BCUT2D eigenvalue weighted by Gasteiger charge is 2.21. The van der Waals surface area contributed by atoms with E-state index < -0.39 is 0 Å². The van der Waals surface area contributed by atoms with Crippen molar-refractivity contribution in [2.45, 2.75) is 38.0 Å². The molecule has 1 aliphatic rings. The Morgan fingerprint density at radius 1 is 1.14 bits per heavy atom. The fourth-order valence-electron chi connectivity index (χ4n) is 3.78. The first kappa shape index (κ1) is 19.6. The molecule has 1 aliphatic heterocycles. The second-order valence-electron chi connectivity index (χ2n) is 7.46. The van der Waals surface area contributed by atoms with Crippen molar-refractivity contribution in [1.29, 1.82) is 0 Å². The van der Waals surface area contributed by atoms with Gasteiger partial charge >= 0.3 is 0 Å². The zero-order chi connectivity index (χ0) is 19.9. The van der Waals surface area contributed by atoms with Gasteiger partial charge in [-0.05, 0) is 69.0 Å². The quantitative estimate of drug-likeness (QED) is 0.586. The standard InChI is InChI=1S/C23H28N4O2/c1-28-19-10-9-18(26-16-19)7-2-3-13-29-23-20(17-6-4-11-24-15-17)14-22-21(27-23)8-5-12-25-22/h5,8-10,12,14,16-17,24H,2-4,6-7,11,13,15H2,1H3. The molecule has 4 heterocycles. The summed E-state index contributed by atoms with van der Waals surface area (Å²) in [5.41, 5.74) is 4.08. The summed E-state index contributed by atoms with van der Waals surface area (Å²) in [5, 5.41) is 3.49. The number of unbranched alkanes of at least 4 members (excludes halogenated alkanes) is 1. The molecule has 0 saturated carbocycles. The van der Waals surface area contributed by atoms with Crippen LogP contribution >= 0.6 is 0 Å². The first-order valence-electron chi connectivity index (χ1n) is 10.4. The van der Waals surface area contributed by atoms with E-state index in [-0.39, 0.29) is 0 Å². The second-order valence-corrected chi connectivity index (χ2v) is 7.46. The fourth-order valence-corrected chi connectivity index (χ4v) is 3.78. The summed E-state index contributed by atoms with van der Waals surface area (Å²) in [6, 6.07) is 10.1. The van der Waals surface area contributed by atoms with Gasteiger partial charge in [0.2, 0.25) is 5.88 Å². The number of hydrogen-bond donors (Lipinski definition) is 1. The van der Waals surface area contributed by atoms with Crippen LogP contribution in [0.1, 0.15) is 42.9 Å². The zero-order valence-corrected chi connectivity index (χ0v) is 16.9. The van der Waals surface area contributed by atoms with Crippen molar-refractivity contribution in [2.75, 3.05) is 26.8 Å². The predicted octanol–water partition coefficient (Wildman–Crippen LogP) is 3.90. The van der Waals surface area contributed by atoms with Crippen LogP contribution in [0.4, 0.5) is 0 Å². The lowest BCUT2D eigenvalue weighted by molar-refractivity contribution is 0.288. The Kier molecular flexibility index (Phi) is 6.52. The summed E-state index contributed by atoms with van der Waals surface area (Å²) in [4.78, 5) is 13.7. The SMILES string of the molecule is COc1ccc(CCCCOc2nc3cccnc3cc2C2CCCNC2)nc1. The molecule has 0 bridgehead atoms. The van der Waals surface area contributed by atoms with Crippen molar-refractivity contribution < 1.29 is 9.47 Å². The van der Waals surface area contributed by atoms with Crippen LogP contribution in [0.3, 0.4) is 0 Å². The number of nitrogens with one attached hydrogen (secondary N) is 1. The van der Waals surface area contributed by atoms with Gasteiger partial charge in [0.15, 0.2) is 0 Å². The maximum absolute atomic E-state index is 6.17. The topological polar surface area (TPSA) is 69.2 Å². The van der Waals surface area contributed by atoms with E-state index in [4.69, 9.17) is 14.5 Å². The Morgan fingerprint density at radius 3 is 2.90 bits per heavy atom. The van der Waals surface area contributed by atoms with Crippen LogP contribution in [0.15, 0.2) is 42.7 Å². The largest absolute Gasteiger partial charge is 0.495 e. The monoisotopic (exact) mass is 392 g/mol. The Hall–Kier alpha value is -2.73. The molecule has 1 N–H and O–H groups in total. The number of aromatic nitrogens is 3. The van der Waals surface area contributed by atoms with Gasteiger partial charge in [0.25, 0.3) is 0 Å². The molecule has 1 saturated heterocycles. The average molecular weight is 393 g/mol. The fraction of sp³-hybridized carbons (Fsp3) is 0.435. The third kappa shape index (κ3) is 5.01. The molecular weight excluding hydrogens is 364 g/mol. The Bertz CT molecular complexity index is 924. The van der Waals surface area contributed by atoms with Crippen molar-refractivity contribution >= 4 is 11.0 Å². The van der Waals surface area contributed by atoms with Gasteiger partial charge in [-0.25, -0.2) is 4.98 Å². The number of nitrogens with zero attached hydrogens (tertiary/aromatic N) is 3. The van der Waals surface area contributed by atoms with Gasteiger partial charge in [-0.3, -0.25) is 9.97 Å². The molecular formula is C23H28N4O2. The van der Waals surface area contributed by atoms with E-state index in [1.807, 2.05) is 30.5 Å². The first-order valence-corrected chi connectivity index (χ1v) is 10.4. The molecule has 0 radical (unpaired) electrons. The number of hydrogen-bond acceptors (Lipinski definition) is 6. The molecule has 3 aromatic heterocycles. The average Bonchev–Trinajstić information content (AvgIpc) is 2.79. The Morgan fingerprint density at radius 2 is 2.10 bits per heavy atom.